The predicted molar refractivity (Wildman–Crippen MR) is 342 cm³/mol. The van der Waals surface area contributed by atoms with Gasteiger partial charge in [-0.15, -0.1) is 0 Å². The van der Waals surface area contributed by atoms with E-state index in [4.69, 9.17) is 9.47 Å². The topological polar surface area (TPSA) is 360 Å². The van der Waals surface area contributed by atoms with Crippen LogP contribution in [0, 0.1) is 18.3 Å². The number of halogens is 2. The van der Waals surface area contributed by atoms with E-state index in [1.54, 1.807) is 48.8 Å². The summed E-state index contributed by atoms with van der Waals surface area (Å²) in [6, 6.07) is 14.0. The van der Waals surface area contributed by atoms with Gasteiger partial charge in [-0.05, 0) is 75.4 Å². The first-order chi connectivity index (χ1) is 45.0. The molecule has 2 unspecified atom stereocenters. The number of aliphatic hydroxyl groups is 1. The Morgan fingerprint density at radius 2 is 1.34 bits per heavy atom. The van der Waals surface area contributed by atoms with E-state index in [0.717, 1.165) is 35.4 Å². The van der Waals surface area contributed by atoms with Crippen molar-refractivity contribution >= 4 is 76.0 Å². The second-order valence-electron chi connectivity index (χ2n) is 23.5. The minimum Gasteiger partial charge on any atom is -0.494 e. The molecule has 8 N–H and O–H groups in total. The summed E-state index contributed by atoms with van der Waals surface area (Å²) in [5.74, 6) is -8.60. The van der Waals surface area contributed by atoms with Crippen molar-refractivity contribution in [3.8, 4) is 11.8 Å². The van der Waals surface area contributed by atoms with Crippen molar-refractivity contribution in [2.75, 3.05) is 169 Å². The molecule has 0 saturated carbocycles. The molecule has 31 heteroatoms. The Kier molecular flexibility index (Phi) is 31.4. The number of nitrogens with zero attached hydrogens (tertiary/aromatic N) is 9. The molecular weight excluding hydrogens is 1250 g/mol. The van der Waals surface area contributed by atoms with Gasteiger partial charge >= 0.3 is 17.9 Å². The highest BCUT2D eigenvalue weighted by Crippen LogP contribution is 2.32. The van der Waals surface area contributed by atoms with Crippen LogP contribution in [0.5, 0.6) is 5.75 Å². The van der Waals surface area contributed by atoms with E-state index in [1.165, 1.54) is 24.0 Å². The SMILES string of the molecule is Cc1ccc(CCCC(=O)NCCOCCC(NC(=O)CN2CCN(CC(=O)O)CCN(CC(=O)O)CCN(CC(=O)O)CC2)C(=O)NCCSCC(O)C(=O)N2CCN(CCCCOc3ccc4nccc(C(=O)NCC(=O)N5CC(F)(F)C[C@@H]5C#N)c4c3)CC2)cc1. The van der Waals surface area contributed by atoms with Gasteiger partial charge in [0, 0.05) is 134 Å². The molecular formula is C63H89F2N13O15S. The maximum atomic E-state index is 13.9. The second kappa shape index (κ2) is 39.2. The summed E-state index contributed by atoms with van der Waals surface area (Å²) >= 11 is 1.26. The van der Waals surface area contributed by atoms with Gasteiger partial charge in [-0.25, -0.2) is 8.78 Å². The molecule has 0 spiro atoms. The van der Waals surface area contributed by atoms with Crippen LogP contribution in [-0.4, -0.2) is 306 Å². The molecule has 0 radical (unpaired) electrons. The molecule has 0 bridgehead atoms. The number of aryl methyl sites for hydroxylation is 2. The van der Waals surface area contributed by atoms with E-state index >= 15 is 0 Å². The fraction of sp³-hybridized carbons (Fsp3) is 0.603. The number of carboxylic acid groups (broad SMARTS) is 3. The van der Waals surface area contributed by atoms with Crippen molar-refractivity contribution in [2.24, 2.45) is 0 Å². The molecule has 2 aromatic carbocycles. The van der Waals surface area contributed by atoms with E-state index in [9.17, 15) is 77.6 Å². The molecule has 3 fully saturated rings. The molecule has 3 aliphatic rings. The van der Waals surface area contributed by atoms with Gasteiger partial charge in [0.1, 0.15) is 23.9 Å². The Bertz CT molecular complexity index is 3020. The Morgan fingerprint density at radius 1 is 0.723 bits per heavy atom. The summed E-state index contributed by atoms with van der Waals surface area (Å²) in [4.78, 5) is 130. The molecule has 516 valence electrons. The number of ether oxygens (including phenoxy) is 2. The van der Waals surface area contributed by atoms with E-state index < -0.39 is 91.1 Å². The number of carboxylic acids is 3. The number of alkyl halides is 2. The third kappa shape index (κ3) is 27.0. The monoisotopic (exact) mass is 1340 g/mol. The minimum absolute atomic E-state index is 0.0311. The van der Waals surface area contributed by atoms with E-state index in [0.29, 0.717) is 74.5 Å². The van der Waals surface area contributed by atoms with E-state index in [1.807, 2.05) is 31.2 Å². The number of aliphatic hydroxyl groups excluding tert-OH is 1. The van der Waals surface area contributed by atoms with Crippen molar-refractivity contribution < 1.29 is 81.8 Å². The van der Waals surface area contributed by atoms with Crippen molar-refractivity contribution in [3.05, 3.63) is 71.4 Å². The van der Waals surface area contributed by atoms with Gasteiger partial charge in [0.15, 0.2) is 0 Å². The maximum Gasteiger partial charge on any atom is 0.317 e. The second-order valence-corrected chi connectivity index (χ2v) is 24.7. The number of carbonyl (C=O) groups excluding carboxylic acids is 6. The summed E-state index contributed by atoms with van der Waals surface area (Å²) < 4.78 is 39.6. The number of hydrogen-bond donors (Lipinski definition) is 8. The van der Waals surface area contributed by atoms with Gasteiger partial charge in [0.2, 0.25) is 23.6 Å². The van der Waals surface area contributed by atoms with Crippen LogP contribution < -0.4 is 26.0 Å². The number of hydrogen-bond acceptors (Lipinski definition) is 20. The molecule has 6 rings (SSSR count). The van der Waals surface area contributed by atoms with Crippen LogP contribution >= 0.6 is 11.8 Å². The molecule has 3 aliphatic heterocycles. The summed E-state index contributed by atoms with van der Waals surface area (Å²) in [6.07, 6.45) is 2.66. The van der Waals surface area contributed by atoms with Crippen molar-refractivity contribution in [3.63, 3.8) is 0 Å². The number of rotatable bonds is 35. The average molecular weight is 1340 g/mol. The number of carbonyl (C=O) groups is 9. The zero-order valence-corrected chi connectivity index (χ0v) is 54.0. The molecule has 0 aliphatic carbocycles. The lowest BCUT2D eigenvalue weighted by Gasteiger charge is -2.35. The van der Waals surface area contributed by atoms with Crippen molar-refractivity contribution in [2.45, 2.75) is 76.0 Å². The van der Waals surface area contributed by atoms with Crippen molar-refractivity contribution in [1.82, 2.24) is 60.6 Å². The van der Waals surface area contributed by atoms with Gasteiger partial charge in [-0.2, -0.15) is 17.0 Å². The number of unbranched alkanes of at least 4 members (excludes halogenated alkanes) is 1. The quantitative estimate of drug-likeness (QED) is 0.0361. The highest BCUT2D eigenvalue weighted by Gasteiger charge is 2.47. The van der Waals surface area contributed by atoms with Gasteiger partial charge in [0.05, 0.1) is 69.6 Å². The van der Waals surface area contributed by atoms with Crippen LogP contribution in [0.25, 0.3) is 10.9 Å². The summed E-state index contributed by atoms with van der Waals surface area (Å²) in [5.41, 5.74) is 2.99. The molecule has 4 heterocycles. The Labute approximate surface area is 549 Å². The third-order valence-electron chi connectivity index (χ3n) is 16.2. The molecule has 3 saturated heterocycles. The highest BCUT2D eigenvalue weighted by molar-refractivity contribution is 7.99. The minimum atomic E-state index is -3.19. The van der Waals surface area contributed by atoms with Crippen LogP contribution in [-0.2, 0) is 49.5 Å². The largest absolute Gasteiger partial charge is 0.494 e. The van der Waals surface area contributed by atoms with Crippen LogP contribution in [0.2, 0.25) is 0 Å². The Hall–Kier alpha value is -7.70. The lowest BCUT2D eigenvalue weighted by molar-refractivity contribution is -0.141. The van der Waals surface area contributed by atoms with Gasteiger partial charge < -0.3 is 61.0 Å². The molecule has 6 amide bonds. The predicted octanol–water partition coefficient (Wildman–Crippen LogP) is 0.0523. The smallest absolute Gasteiger partial charge is 0.317 e. The number of nitrogens with one attached hydrogen (secondary N) is 4. The molecule has 94 heavy (non-hydrogen) atoms. The number of amides is 6. The summed E-state index contributed by atoms with van der Waals surface area (Å²) in [5, 5.41) is 60.4. The number of likely N-dealkylation sites (tertiary alicyclic amines) is 1. The zero-order chi connectivity index (χ0) is 68.0. The van der Waals surface area contributed by atoms with E-state index in [2.05, 4.69) is 31.2 Å². The maximum absolute atomic E-state index is 13.9. The summed E-state index contributed by atoms with van der Waals surface area (Å²) in [6.45, 7) is 4.46. The molecule has 28 nitrogen and oxygen atoms in total. The van der Waals surface area contributed by atoms with Crippen LogP contribution in [0.4, 0.5) is 8.78 Å². The van der Waals surface area contributed by atoms with Crippen molar-refractivity contribution in [1.29, 1.82) is 5.26 Å². The fourth-order valence-electron chi connectivity index (χ4n) is 11.0. The lowest BCUT2D eigenvalue weighted by Crippen LogP contribution is -2.52. The molecule has 3 atom stereocenters. The number of thioether (sulfide) groups is 1. The first-order valence-corrected chi connectivity index (χ1v) is 32.9. The molecule has 1 aromatic heterocycles. The number of piperazine rings is 1. The summed E-state index contributed by atoms with van der Waals surface area (Å²) in [7, 11) is 0. The Balaban J connectivity index is 0.920. The van der Waals surface area contributed by atoms with Gasteiger partial charge in [0.25, 0.3) is 17.7 Å². The zero-order valence-electron chi connectivity index (χ0n) is 53.2. The normalized spacial score (nSPS) is 17.8. The fourth-order valence-corrected chi connectivity index (χ4v) is 11.8. The van der Waals surface area contributed by atoms with E-state index in [-0.39, 0.29) is 128 Å². The third-order valence-corrected chi connectivity index (χ3v) is 17.2. The van der Waals surface area contributed by atoms with Gasteiger partial charge in [-0.3, -0.25) is 72.6 Å². The molecule has 3 aromatic rings. The first kappa shape index (κ1) is 75.3. The number of nitriles is 1. The number of pyridine rings is 1. The average Bonchev–Trinajstić information content (AvgIpc) is 1.38. The number of aliphatic carboxylic acids is 3. The number of fused-ring (bicyclic) bond motifs is 1. The van der Waals surface area contributed by atoms with Crippen LogP contribution in [0.15, 0.2) is 54.7 Å². The number of aromatic nitrogens is 1. The number of benzene rings is 2. The lowest BCUT2D eigenvalue weighted by atomic mass is 10.1. The van der Waals surface area contributed by atoms with Crippen LogP contribution in [0.1, 0.15) is 60.0 Å². The van der Waals surface area contributed by atoms with Gasteiger partial charge in [-0.1, -0.05) is 29.8 Å². The first-order valence-electron chi connectivity index (χ1n) is 31.7. The van der Waals surface area contributed by atoms with Crippen LogP contribution in [0.3, 0.4) is 0 Å². The standard InChI is InChI=1S/C63H89F2N13O15S/c1-45-7-9-46(10-8-45)5-4-6-54(80)68-16-33-92-32-14-52(71-55(81)39-73-19-21-74(40-57(83)84)23-25-76(42-59(87)88)26-24-75(22-20-73)41-58(85)86)61(90)69-17-34-94-43-53(79)62(91)77-29-27-72(28-30-77)18-2-3-31-93-48-11-12-51-50(35-48)49(13-15-67-51)60(89)70-38-56(82)78-44-63(64,65)36-47(78)37-66/h7-13,15,35,47,52-53,79H,2-6,14,16-34,36,38-44H2,1H3,(H,68,80)(H,69,90)(H,70,89)(H,71,81)(H,83,84)(H,85,86)(H,87,88)/t47-,52?,53?/m1/s1. The Morgan fingerprint density at radius 3 is 1.96 bits per heavy atom. The highest BCUT2D eigenvalue weighted by atomic mass is 32.2.